The van der Waals surface area contributed by atoms with Gasteiger partial charge in [0.25, 0.3) is 0 Å². The standard InChI is InChI=1S/C16H32N2O2/c1-13(17-12-14(19)16(2,3)4)11-15(20)18-9-7-5-6-8-10-18/h13-14,17,19H,5-12H2,1-4H3. The van der Waals surface area contributed by atoms with Crippen LogP contribution in [0.4, 0.5) is 0 Å². The number of hydrogen-bond donors (Lipinski definition) is 2. The number of likely N-dealkylation sites (tertiary alicyclic amines) is 1. The van der Waals surface area contributed by atoms with Crippen molar-refractivity contribution in [1.29, 1.82) is 0 Å². The Bertz CT molecular complexity index is 291. The van der Waals surface area contributed by atoms with E-state index in [-0.39, 0.29) is 17.4 Å². The van der Waals surface area contributed by atoms with Crippen molar-refractivity contribution in [2.75, 3.05) is 19.6 Å². The van der Waals surface area contributed by atoms with Crippen LogP contribution in [0.1, 0.15) is 59.8 Å². The molecule has 1 rings (SSSR count). The second kappa shape index (κ2) is 7.99. The zero-order valence-electron chi connectivity index (χ0n) is 13.6. The fourth-order valence-corrected chi connectivity index (χ4v) is 2.40. The molecule has 0 aliphatic carbocycles. The van der Waals surface area contributed by atoms with Crippen LogP contribution in [-0.4, -0.2) is 47.7 Å². The van der Waals surface area contributed by atoms with Gasteiger partial charge in [0.2, 0.25) is 5.91 Å². The Hall–Kier alpha value is -0.610. The van der Waals surface area contributed by atoms with Gasteiger partial charge < -0.3 is 15.3 Å². The van der Waals surface area contributed by atoms with Crippen LogP contribution in [0.2, 0.25) is 0 Å². The highest BCUT2D eigenvalue weighted by Crippen LogP contribution is 2.18. The van der Waals surface area contributed by atoms with Crippen molar-refractivity contribution in [3.05, 3.63) is 0 Å². The summed E-state index contributed by atoms with van der Waals surface area (Å²) in [5, 5.41) is 13.3. The smallest absolute Gasteiger partial charge is 0.224 e. The SMILES string of the molecule is CC(CC(=O)N1CCCCCC1)NCC(O)C(C)(C)C. The number of carbonyl (C=O) groups excluding carboxylic acids is 1. The molecule has 4 heteroatoms. The Kier molecular flexibility index (Phi) is 6.96. The number of amides is 1. The Balaban J connectivity index is 2.30. The van der Waals surface area contributed by atoms with Gasteiger partial charge in [-0.3, -0.25) is 4.79 Å². The van der Waals surface area contributed by atoms with E-state index >= 15 is 0 Å². The number of carbonyl (C=O) groups is 1. The average molecular weight is 284 g/mol. The number of aliphatic hydroxyl groups is 1. The minimum atomic E-state index is -0.391. The van der Waals surface area contributed by atoms with E-state index in [2.05, 4.69) is 5.32 Å². The number of aliphatic hydroxyl groups excluding tert-OH is 1. The van der Waals surface area contributed by atoms with Gasteiger partial charge in [-0.2, -0.15) is 0 Å². The molecule has 0 aromatic carbocycles. The van der Waals surface area contributed by atoms with Crippen LogP contribution in [0.5, 0.6) is 0 Å². The van der Waals surface area contributed by atoms with Crippen molar-refractivity contribution in [3.8, 4) is 0 Å². The zero-order valence-corrected chi connectivity index (χ0v) is 13.6. The largest absolute Gasteiger partial charge is 0.391 e. The lowest BCUT2D eigenvalue weighted by molar-refractivity contribution is -0.131. The van der Waals surface area contributed by atoms with Gasteiger partial charge in [0.15, 0.2) is 0 Å². The molecular weight excluding hydrogens is 252 g/mol. The average Bonchev–Trinajstić information content (AvgIpc) is 2.63. The number of rotatable bonds is 5. The molecule has 1 aliphatic heterocycles. The minimum Gasteiger partial charge on any atom is -0.391 e. The lowest BCUT2D eigenvalue weighted by Crippen LogP contribution is -2.42. The third-order valence-corrected chi connectivity index (χ3v) is 4.10. The van der Waals surface area contributed by atoms with Crippen LogP contribution in [0, 0.1) is 5.41 Å². The molecule has 0 aromatic rings. The fraction of sp³-hybridized carbons (Fsp3) is 0.938. The molecule has 0 bridgehead atoms. The third-order valence-electron chi connectivity index (χ3n) is 4.10. The Morgan fingerprint density at radius 3 is 2.25 bits per heavy atom. The van der Waals surface area contributed by atoms with Crippen molar-refractivity contribution >= 4 is 5.91 Å². The highest BCUT2D eigenvalue weighted by molar-refractivity contribution is 5.76. The highest BCUT2D eigenvalue weighted by atomic mass is 16.3. The van der Waals surface area contributed by atoms with Gasteiger partial charge in [-0.1, -0.05) is 33.6 Å². The quantitative estimate of drug-likeness (QED) is 0.813. The highest BCUT2D eigenvalue weighted by Gasteiger charge is 2.23. The summed E-state index contributed by atoms with van der Waals surface area (Å²) < 4.78 is 0. The van der Waals surface area contributed by atoms with Crippen LogP contribution < -0.4 is 5.32 Å². The molecule has 0 spiro atoms. The maximum atomic E-state index is 12.2. The van der Waals surface area contributed by atoms with E-state index in [0.29, 0.717) is 13.0 Å². The molecule has 1 saturated heterocycles. The van der Waals surface area contributed by atoms with E-state index in [1.807, 2.05) is 32.6 Å². The molecule has 2 N–H and O–H groups in total. The van der Waals surface area contributed by atoms with Gasteiger partial charge in [0.1, 0.15) is 0 Å². The van der Waals surface area contributed by atoms with Crippen LogP contribution in [-0.2, 0) is 4.79 Å². The topological polar surface area (TPSA) is 52.6 Å². The molecule has 0 aromatic heterocycles. The van der Waals surface area contributed by atoms with Crippen molar-refractivity contribution in [1.82, 2.24) is 10.2 Å². The van der Waals surface area contributed by atoms with Gasteiger partial charge in [0.05, 0.1) is 6.10 Å². The monoisotopic (exact) mass is 284 g/mol. The molecule has 1 heterocycles. The molecule has 0 saturated carbocycles. The summed E-state index contributed by atoms with van der Waals surface area (Å²) in [6, 6.07) is 0.114. The summed E-state index contributed by atoms with van der Waals surface area (Å²) in [7, 11) is 0. The van der Waals surface area contributed by atoms with Crippen LogP contribution in [0.25, 0.3) is 0 Å². The molecule has 1 fully saturated rings. The summed E-state index contributed by atoms with van der Waals surface area (Å²) in [6.45, 7) is 10.4. The second-order valence-corrected chi connectivity index (χ2v) is 7.19. The first kappa shape index (κ1) is 17.4. The van der Waals surface area contributed by atoms with Gasteiger partial charge >= 0.3 is 0 Å². The molecule has 118 valence electrons. The molecular formula is C16H32N2O2. The van der Waals surface area contributed by atoms with E-state index in [0.717, 1.165) is 25.9 Å². The Morgan fingerprint density at radius 2 is 1.75 bits per heavy atom. The first-order chi connectivity index (χ1) is 9.30. The lowest BCUT2D eigenvalue weighted by Gasteiger charge is -2.28. The second-order valence-electron chi connectivity index (χ2n) is 7.19. The molecule has 4 nitrogen and oxygen atoms in total. The summed E-state index contributed by atoms with van der Waals surface area (Å²) >= 11 is 0. The van der Waals surface area contributed by atoms with Crippen molar-refractivity contribution in [2.24, 2.45) is 5.41 Å². The molecule has 20 heavy (non-hydrogen) atoms. The minimum absolute atomic E-state index is 0.114. The van der Waals surface area contributed by atoms with E-state index in [4.69, 9.17) is 0 Å². The first-order valence-electron chi connectivity index (χ1n) is 8.00. The first-order valence-corrected chi connectivity index (χ1v) is 8.00. The van der Waals surface area contributed by atoms with E-state index in [9.17, 15) is 9.90 Å². The van der Waals surface area contributed by atoms with Crippen molar-refractivity contribution < 1.29 is 9.90 Å². The Morgan fingerprint density at radius 1 is 1.20 bits per heavy atom. The van der Waals surface area contributed by atoms with Gasteiger partial charge in [-0.25, -0.2) is 0 Å². The predicted molar refractivity (Wildman–Crippen MR) is 82.6 cm³/mol. The molecule has 1 amide bonds. The van der Waals surface area contributed by atoms with Crippen LogP contribution >= 0.6 is 0 Å². The van der Waals surface area contributed by atoms with E-state index in [1.54, 1.807) is 0 Å². The van der Waals surface area contributed by atoms with Crippen LogP contribution in [0.15, 0.2) is 0 Å². The van der Waals surface area contributed by atoms with Gasteiger partial charge in [-0.15, -0.1) is 0 Å². The molecule has 2 unspecified atom stereocenters. The van der Waals surface area contributed by atoms with E-state index < -0.39 is 6.10 Å². The van der Waals surface area contributed by atoms with E-state index in [1.165, 1.54) is 12.8 Å². The molecule has 2 atom stereocenters. The summed E-state index contributed by atoms with van der Waals surface area (Å²) in [4.78, 5) is 14.2. The summed E-state index contributed by atoms with van der Waals surface area (Å²) in [5.41, 5.74) is -0.123. The van der Waals surface area contributed by atoms with Crippen LogP contribution in [0.3, 0.4) is 0 Å². The normalized spacial score (nSPS) is 20.4. The maximum Gasteiger partial charge on any atom is 0.224 e. The fourth-order valence-electron chi connectivity index (χ4n) is 2.40. The van der Waals surface area contributed by atoms with Gasteiger partial charge in [-0.05, 0) is 25.2 Å². The number of nitrogens with zero attached hydrogens (tertiary/aromatic N) is 1. The molecule has 0 radical (unpaired) electrons. The summed E-state index contributed by atoms with van der Waals surface area (Å²) in [5.74, 6) is 0.247. The molecule has 1 aliphatic rings. The van der Waals surface area contributed by atoms with Gasteiger partial charge in [0, 0.05) is 32.1 Å². The summed E-state index contributed by atoms with van der Waals surface area (Å²) in [6.07, 6.45) is 4.90. The number of hydrogen-bond acceptors (Lipinski definition) is 3. The predicted octanol–water partition coefficient (Wildman–Crippen LogP) is 2.16. The van der Waals surface area contributed by atoms with Crippen molar-refractivity contribution in [3.63, 3.8) is 0 Å². The zero-order chi connectivity index (χ0) is 15.2. The van der Waals surface area contributed by atoms with Crippen molar-refractivity contribution in [2.45, 2.75) is 71.9 Å². The third kappa shape index (κ3) is 6.23. The Labute approximate surface area is 123 Å². The number of nitrogens with one attached hydrogen (secondary N) is 1. The maximum absolute atomic E-state index is 12.2. The lowest BCUT2D eigenvalue weighted by atomic mass is 9.89.